The number of benzene rings is 3. The minimum atomic E-state index is -3.82. The van der Waals surface area contributed by atoms with Gasteiger partial charge in [-0.3, -0.25) is 13.9 Å². The van der Waals surface area contributed by atoms with Crippen molar-refractivity contribution in [3.63, 3.8) is 0 Å². The number of anilines is 1. The Bertz CT molecular complexity index is 1430. The van der Waals surface area contributed by atoms with Crippen molar-refractivity contribution in [3.8, 4) is 0 Å². The highest BCUT2D eigenvalue weighted by atomic mass is 79.9. The number of amides is 2. The standard InChI is InChI=1S/C31H38BrN3O4S/c1-6-23(3)33-31(37)29(19-25-13-8-7-9-14-25)34(20-26-15-11-16-27(32)18-26)30(36)21-35(40(5,38)39)28-17-10-12-22(2)24(28)4/h7-18,23,29H,6,19-21H2,1-5H3,(H,33,37). The number of nitrogens with one attached hydrogen (secondary N) is 1. The van der Waals surface area contributed by atoms with Gasteiger partial charge in [-0.15, -0.1) is 0 Å². The fraction of sp³-hybridized carbons (Fsp3) is 0.355. The molecule has 0 bridgehead atoms. The van der Waals surface area contributed by atoms with Crippen LogP contribution in [0, 0.1) is 13.8 Å². The second-order valence-corrected chi connectivity index (χ2v) is 13.0. The van der Waals surface area contributed by atoms with E-state index in [4.69, 9.17) is 0 Å². The van der Waals surface area contributed by atoms with E-state index in [1.54, 1.807) is 12.1 Å². The summed E-state index contributed by atoms with van der Waals surface area (Å²) in [4.78, 5) is 29.4. The summed E-state index contributed by atoms with van der Waals surface area (Å²) in [5.74, 6) is -0.745. The summed E-state index contributed by atoms with van der Waals surface area (Å²) in [5, 5.41) is 3.04. The summed E-state index contributed by atoms with van der Waals surface area (Å²) in [5.41, 5.74) is 3.85. The lowest BCUT2D eigenvalue weighted by Crippen LogP contribution is -2.54. The van der Waals surface area contributed by atoms with Crippen LogP contribution in [0.2, 0.25) is 0 Å². The Morgan fingerprint density at radius 3 is 2.23 bits per heavy atom. The van der Waals surface area contributed by atoms with E-state index >= 15 is 0 Å². The fourth-order valence-corrected chi connectivity index (χ4v) is 5.77. The number of hydrogen-bond donors (Lipinski definition) is 1. The number of carbonyl (C=O) groups excluding carboxylic acids is 2. The molecule has 0 heterocycles. The first kappa shape index (κ1) is 31.4. The van der Waals surface area contributed by atoms with Gasteiger partial charge in [-0.1, -0.05) is 77.5 Å². The smallest absolute Gasteiger partial charge is 0.244 e. The first-order valence-corrected chi connectivity index (χ1v) is 16.0. The molecule has 0 aromatic heterocycles. The van der Waals surface area contributed by atoms with Crippen molar-refractivity contribution in [1.82, 2.24) is 10.2 Å². The number of hydrogen-bond acceptors (Lipinski definition) is 4. The molecule has 0 aliphatic rings. The highest BCUT2D eigenvalue weighted by Gasteiger charge is 2.33. The van der Waals surface area contributed by atoms with E-state index in [1.807, 2.05) is 88.4 Å². The van der Waals surface area contributed by atoms with E-state index in [1.165, 1.54) is 4.90 Å². The van der Waals surface area contributed by atoms with E-state index in [9.17, 15) is 18.0 Å². The first-order chi connectivity index (χ1) is 18.9. The highest BCUT2D eigenvalue weighted by Crippen LogP contribution is 2.26. The van der Waals surface area contributed by atoms with Gasteiger partial charge in [0, 0.05) is 23.5 Å². The molecule has 0 aliphatic carbocycles. The first-order valence-electron chi connectivity index (χ1n) is 13.3. The van der Waals surface area contributed by atoms with Gasteiger partial charge in [0.25, 0.3) is 0 Å². The average molecular weight is 629 g/mol. The van der Waals surface area contributed by atoms with Crippen molar-refractivity contribution in [2.45, 2.75) is 59.2 Å². The van der Waals surface area contributed by atoms with Gasteiger partial charge in [-0.2, -0.15) is 0 Å². The molecule has 0 aliphatic heterocycles. The Hall–Kier alpha value is -3.17. The molecule has 0 saturated heterocycles. The number of halogens is 1. The summed E-state index contributed by atoms with van der Waals surface area (Å²) in [6.07, 6.45) is 2.11. The molecule has 0 radical (unpaired) electrons. The topological polar surface area (TPSA) is 86.8 Å². The van der Waals surface area contributed by atoms with E-state index < -0.39 is 28.5 Å². The van der Waals surface area contributed by atoms with Gasteiger partial charge in [0.15, 0.2) is 0 Å². The third-order valence-electron chi connectivity index (χ3n) is 7.04. The maximum Gasteiger partial charge on any atom is 0.244 e. The maximum atomic E-state index is 14.2. The van der Waals surface area contributed by atoms with Gasteiger partial charge in [0.1, 0.15) is 12.6 Å². The van der Waals surface area contributed by atoms with E-state index in [0.717, 1.165) is 43.7 Å². The molecular weight excluding hydrogens is 590 g/mol. The summed E-state index contributed by atoms with van der Waals surface area (Å²) in [6, 6.07) is 21.5. The van der Waals surface area contributed by atoms with Crippen LogP contribution in [0.25, 0.3) is 0 Å². The van der Waals surface area contributed by atoms with Crippen molar-refractivity contribution < 1.29 is 18.0 Å². The van der Waals surface area contributed by atoms with Crippen molar-refractivity contribution in [1.29, 1.82) is 0 Å². The second-order valence-electron chi connectivity index (χ2n) is 10.2. The minimum absolute atomic E-state index is 0.0870. The molecule has 40 heavy (non-hydrogen) atoms. The second kappa shape index (κ2) is 13.9. The molecule has 1 N–H and O–H groups in total. The molecule has 3 rings (SSSR count). The predicted octanol–water partition coefficient (Wildman–Crippen LogP) is 5.39. The van der Waals surface area contributed by atoms with Crippen molar-refractivity contribution in [3.05, 3.63) is 99.5 Å². The Morgan fingerprint density at radius 1 is 0.950 bits per heavy atom. The number of sulfonamides is 1. The SMILES string of the molecule is CCC(C)NC(=O)C(Cc1ccccc1)N(Cc1cccc(Br)c1)C(=O)CN(c1cccc(C)c1C)S(C)(=O)=O. The van der Waals surface area contributed by atoms with Crippen LogP contribution < -0.4 is 9.62 Å². The number of nitrogens with zero attached hydrogens (tertiary/aromatic N) is 2. The Kier molecular flexibility index (Phi) is 10.9. The van der Waals surface area contributed by atoms with Crippen molar-refractivity contribution in [2.75, 3.05) is 17.1 Å². The Labute approximate surface area is 246 Å². The molecule has 9 heteroatoms. The summed E-state index contributed by atoms with van der Waals surface area (Å²) in [7, 11) is -3.82. The quantitative estimate of drug-likeness (QED) is 0.292. The summed E-state index contributed by atoms with van der Waals surface area (Å²) >= 11 is 3.49. The van der Waals surface area contributed by atoms with Crippen molar-refractivity contribution in [2.24, 2.45) is 0 Å². The van der Waals surface area contributed by atoms with Gasteiger partial charge in [0.05, 0.1) is 11.9 Å². The van der Waals surface area contributed by atoms with E-state index in [0.29, 0.717) is 5.69 Å². The lowest BCUT2D eigenvalue weighted by molar-refractivity contribution is -0.140. The Balaban J connectivity index is 2.09. The largest absolute Gasteiger partial charge is 0.352 e. The third-order valence-corrected chi connectivity index (χ3v) is 8.66. The van der Waals surface area contributed by atoms with Crippen LogP contribution in [0.5, 0.6) is 0 Å². The monoisotopic (exact) mass is 627 g/mol. The van der Waals surface area contributed by atoms with Crippen LogP contribution in [0.3, 0.4) is 0 Å². The Morgan fingerprint density at radius 2 is 1.60 bits per heavy atom. The van der Waals surface area contributed by atoms with Gasteiger partial charge in [-0.25, -0.2) is 8.42 Å². The molecule has 0 fully saturated rings. The molecular formula is C31H38BrN3O4S. The van der Waals surface area contributed by atoms with E-state index in [2.05, 4.69) is 21.2 Å². The van der Waals surface area contributed by atoms with Crippen LogP contribution in [-0.2, 0) is 32.6 Å². The van der Waals surface area contributed by atoms with Crippen molar-refractivity contribution >= 4 is 43.5 Å². The molecule has 2 atom stereocenters. The summed E-state index contributed by atoms with van der Waals surface area (Å²) < 4.78 is 28.0. The highest BCUT2D eigenvalue weighted by molar-refractivity contribution is 9.10. The zero-order valence-corrected chi connectivity index (χ0v) is 26.1. The van der Waals surface area contributed by atoms with Crippen LogP contribution in [0.4, 0.5) is 5.69 Å². The number of carbonyl (C=O) groups is 2. The zero-order valence-electron chi connectivity index (χ0n) is 23.7. The zero-order chi connectivity index (χ0) is 29.4. The molecule has 2 unspecified atom stereocenters. The predicted molar refractivity (Wildman–Crippen MR) is 165 cm³/mol. The lowest BCUT2D eigenvalue weighted by atomic mass is 10.0. The molecule has 7 nitrogen and oxygen atoms in total. The number of aryl methyl sites for hydroxylation is 1. The lowest BCUT2D eigenvalue weighted by Gasteiger charge is -2.34. The normalized spacial score (nSPS) is 12.8. The molecule has 2 amide bonds. The molecule has 3 aromatic carbocycles. The summed E-state index contributed by atoms with van der Waals surface area (Å²) in [6.45, 7) is 7.34. The molecule has 0 saturated carbocycles. The van der Waals surface area contributed by atoms with Gasteiger partial charge in [-0.05, 0) is 67.6 Å². The van der Waals surface area contributed by atoms with Crippen LogP contribution >= 0.6 is 15.9 Å². The fourth-order valence-electron chi connectivity index (χ4n) is 4.43. The third kappa shape index (κ3) is 8.41. The van der Waals surface area contributed by atoms with Crippen LogP contribution in [-0.4, -0.2) is 50.0 Å². The number of rotatable bonds is 12. The molecule has 0 spiro atoms. The van der Waals surface area contributed by atoms with Gasteiger partial charge in [0.2, 0.25) is 21.8 Å². The molecule has 3 aromatic rings. The van der Waals surface area contributed by atoms with Gasteiger partial charge >= 0.3 is 0 Å². The van der Waals surface area contributed by atoms with Crippen LogP contribution in [0.15, 0.2) is 77.3 Å². The molecule has 214 valence electrons. The average Bonchev–Trinajstić information content (AvgIpc) is 2.90. The van der Waals surface area contributed by atoms with Crippen LogP contribution in [0.1, 0.15) is 42.5 Å². The minimum Gasteiger partial charge on any atom is -0.352 e. The van der Waals surface area contributed by atoms with Gasteiger partial charge < -0.3 is 10.2 Å². The maximum absolute atomic E-state index is 14.2. The van der Waals surface area contributed by atoms with E-state index in [-0.39, 0.29) is 24.9 Å².